The summed E-state index contributed by atoms with van der Waals surface area (Å²) in [6.45, 7) is 0. The maximum atomic E-state index is 13.1. The lowest BCUT2D eigenvalue weighted by molar-refractivity contribution is 0.561. The maximum absolute atomic E-state index is 13.1. The molecular weight excluding hydrogens is 358 g/mol. The molecule has 3 rings (SSSR count). The second-order valence-corrected chi connectivity index (χ2v) is 9.51. The van der Waals surface area contributed by atoms with Crippen molar-refractivity contribution in [3.8, 4) is 0 Å². The summed E-state index contributed by atoms with van der Waals surface area (Å²) in [6.07, 6.45) is 0.950. The number of hydrogen-bond acceptors (Lipinski definition) is 4. The highest BCUT2D eigenvalue weighted by atomic mass is 32.2. The molecule has 7 heteroatoms. The van der Waals surface area contributed by atoms with Crippen LogP contribution in [0.15, 0.2) is 77.7 Å². The van der Waals surface area contributed by atoms with Crippen LogP contribution in [0.4, 0.5) is 0 Å². The predicted molar refractivity (Wildman–Crippen MR) is 98.3 cm³/mol. The Labute approximate surface area is 147 Å². The molecule has 1 atom stereocenters. The van der Waals surface area contributed by atoms with Crippen LogP contribution in [0.1, 0.15) is 10.9 Å². The summed E-state index contributed by atoms with van der Waals surface area (Å²) in [7, 11) is -7.73. The SMILES string of the molecule is CS(=O)(=O)NC(c1cccc2ccccc12)S(=O)(=O)c1ccccc1. The normalized spacial score (nSPS) is 13.6. The minimum absolute atomic E-state index is 0.0593. The Morgan fingerprint density at radius 3 is 2.04 bits per heavy atom. The molecule has 0 aliphatic carbocycles. The van der Waals surface area contributed by atoms with Gasteiger partial charge in [0.15, 0.2) is 15.2 Å². The van der Waals surface area contributed by atoms with Crippen molar-refractivity contribution < 1.29 is 16.8 Å². The second-order valence-electron chi connectivity index (χ2n) is 5.70. The minimum atomic E-state index is -3.97. The van der Waals surface area contributed by atoms with Crippen molar-refractivity contribution in [2.75, 3.05) is 6.26 Å². The van der Waals surface area contributed by atoms with E-state index in [0.29, 0.717) is 10.9 Å². The van der Waals surface area contributed by atoms with E-state index in [9.17, 15) is 16.8 Å². The average Bonchev–Trinajstić information content (AvgIpc) is 2.59. The number of hydrogen-bond donors (Lipinski definition) is 1. The van der Waals surface area contributed by atoms with Gasteiger partial charge in [-0.1, -0.05) is 60.7 Å². The second kappa shape index (κ2) is 6.59. The number of benzene rings is 3. The lowest BCUT2D eigenvalue weighted by Gasteiger charge is -2.20. The highest BCUT2D eigenvalue weighted by Crippen LogP contribution is 2.32. The molecule has 3 aromatic rings. The van der Waals surface area contributed by atoms with Crippen LogP contribution in [0.3, 0.4) is 0 Å². The van der Waals surface area contributed by atoms with E-state index < -0.39 is 25.2 Å². The Bertz CT molecular complexity index is 1100. The summed E-state index contributed by atoms with van der Waals surface area (Å²) >= 11 is 0. The lowest BCUT2D eigenvalue weighted by Crippen LogP contribution is -2.33. The standard InChI is InChI=1S/C18H17NO4S2/c1-24(20,21)19-18(25(22,23)15-10-3-2-4-11-15)17-13-7-9-14-8-5-6-12-16(14)17/h2-13,18-19H,1H3. The zero-order valence-corrected chi connectivity index (χ0v) is 15.1. The van der Waals surface area contributed by atoms with Gasteiger partial charge >= 0.3 is 0 Å². The molecule has 25 heavy (non-hydrogen) atoms. The van der Waals surface area contributed by atoms with Gasteiger partial charge in [-0.05, 0) is 28.5 Å². The number of sulfone groups is 1. The number of rotatable bonds is 5. The minimum Gasteiger partial charge on any atom is -0.222 e. The van der Waals surface area contributed by atoms with Gasteiger partial charge in [-0.2, -0.15) is 4.72 Å². The monoisotopic (exact) mass is 375 g/mol. The van der Waals surface area contributed by atoms with Crippen molar-refractivity contribution in [1.82, 2.24) is 4.72 Å². The average molecular weight is 375 g/mol. The Morgan fingerprint density at radius 1 is 0.760 bits per heavy atom. The molecule has 0 amide bonds. The molecule has 1 unspecified atom stereocenters. The first-order valence-electron chi connectivity index (χ1n) is 7.53. The van der Waals surface area contributed by atoms with Gasteiger partial charge in [-0.15, -0.1) is 0 Å². The van der Waals surface area contributed by atoms with Gasteiger partial charge in [0.2, 0.25) is 10.0 Å². The zero-order valence-electron chi connectivity index (χ0n) is 13.5. The van der Waals surface area contributed by atoms with Gasteiger partial charge in [-0.25, -0.2) is 16.8 Å². The largest absolute Gasteiger partial charge is 0.222 e. The van der Waals surface area contributed by atoms with Crippen LogP contribution < -0.4 is 4.72 Å². The van der Waals surface area contributed by atoms with E-state index >= 15 is 0 Å². The van der Waals surface area contributed by atoms with Gasteiger partial charge in [0.25, 0.3) is 0 Å². The fraction of sp³-hybridized carbons (Fsp3) is 0.111. The fourth-order valence-corrected chi connectivity index (χ4v) is 5.61. The smallest absolute Gasteiger partial charge is 0.210 e. The summed E-state index contributed by atoms with van der Waals surface area (Å²) in [6, 6.07) is 20.3. The molecule has 5 nitrogen and oxygen atoms in total. The van der Waals surface area contributed by atoms with Gasteiger partial charge in [0, 0.05) is 0 Å². The summed E-state index contributed by atoms with van der Waals surface area (Å²) in [5, 5.41) is 0.116. The van der Waals surface area contributed by atoms with E-state index in [2.05, 4.69) is 4.72 Å². The van der Waals surface area contributed by atoms with Crippen molar-refractivity contribution in [1.29, 1.82) is 0 Å². The molecule has 1 N–H and O–H groups in total. The van der Waals surface area contributed by atoms with Gasteiger partial charge in [0.05, 0.1) is 11.2 Å². The zero-order chi connectivity index (χ0) is 18.1. The summed E-state index contributed by atoms with van der Waals surface area (Å²) in [5.41, 5.74) is 0.396. The van der Waals surface area contributed by atoms with Crippen LogP contribution in [0.5, 0.6) is 0 Å². The first-order chi connectivity index (χ1) is 11.8. The third kappa shape index (κ3) is 3.73. The summed E-state index contributed by atoms with van der Waals surface area (Å²) in [4.78, 5) is 0.0593. The van der Waals surface area contributed by atoms with Crippen LogP contribution in [0.2, 0.25) is 0 Å². The molecule has 0 saturated heterocycles. The molecule has 0 aliphatic rings. The highest BCUT2D eigenvalue weighted by Gasteiger charge is 2.32. The van der Waals surface area contributed by atoms with Crippen LogP contribution in [0, 0.1) is 0 Å². The first-order valence-corrected chi connectivity index (χ1v) is 11.0. The Hall–Kier alpha value is -2.22. The van der Waals surface area contributed by atoms with Crippen LogP contribution in [0.25, 0.3) is 10.8 Å². The van der Waals surface area contributed by atoms with E-state index in [-0.39, 0.29) is 4.90 Å². The molecular formula is C18H17NO4S2. The van der Waals surface area contributed by atoms with Crippen molar-refractivity contribution in [2.45, 2.75) is 10.3 Å². The quantitative estimate of drug-likeness (QED) is 0.744. The third-order valence-electron chi connectivity index (χ3n) is 3.81. The van der Waals surface area contributed by atoms with Crippen molar-refractivity contribution in [2.24, 2.45) is 0 Å². The molecule has 0 spiro atoms. The number of fused-ring (bicyclic) bond motifs is 1. The Kier molecular flexibility index (Phi) is 4.64. The van der Waals surface area contributed by atoms with E-state index in [1.165, 1.54) is 12.1 Å². The molecule has 0 fully saturated rings. The predicted octanol–water partition coefficient (Wildman–Crippen LogP) is 2.86. The molecule has 0 aliphatic heterocycles. The molecule has 130 valence electrons. The van der Waals surface area contributed by atoms with E-state index in [1.54, 1.807) is 42.5 Å². The van der Waals surface area contributed by atoms with E-state index in [1.807, 2.05) is 18.2 Å². The van der Waals surface area contributed by atoms with Gasteiger partial charge < -0.3 is 0 Å². The molecule has 0 bridgehead atoms. The molecule has 0 saturated carbocycles. The highest BCUT2D eigenvalue weighted by molar-refractivity contribution is 7.94. The maximum Gasteiger partial charge on any atom is 0.210 e. The summed E-state index contributed by atoms with van der Waals surface area (Å²) in [5.74, 6) is 0. The van der Waals surface area contributed by atoms with Crippen LogP contribution in [-0.2, 0) is 19.9 Å². The van der Waals surface area contributed by atoms with E-state index in [4.69, 9.17) is 0 Å². The fourth-order valence-electron chi connectivity index (χ4n) is 2.71. The first kappa shape index (κ1) is 17.6. The van der Waals surface area contributed by atoms with E-state index in [0.717, 1.165) is 11.6 Å². The van der Waals surface area contributed by atoms with Crippen molar-refractivity contribution >= 4 is 30.6 Å². The Balaban J connectivity index is 2.26. The summed E-state index contributed by atoms with van der Waals surface area (Å²) < 4.78 is 52.2. The van der Waals surface area contributed by atoms with Gasteiger partial charge in [-0.3, -0.25) is 0 Å². The molecule has 0 radical (unpaired) electrons. The topological polar surface area (TPSA) is 80.3 Å². The van der Waals surface area contributed by atoms with Crippen molar-refractivity contribution in [3.63, 3.8) is 0 Å². The van der Waals surface area contributed by atoms with Crippen molar-refractivity contribution in [3.05, 3.63) is 78.4 Å². The lowest BCUT2D eigenvalue weighted by atomic mass is 10.0. The third-order valence-corrected chi connectivity index (χ3v) is 6.54. The molecule has 0 heterocycles. The van der Waals surface area contributed by atoms with Crippen LogP contribution in [-0.4, -0.2) is 23.1 Å². The molecule has 0 aromatic heterocycles. The molecule has 3 aromatic carbocycles. The van der Waals surface area contributed by atoms with Crippen LogP contribution >= 0.6 is 0 Å². The Morgan fingerprint density at radius 2 is 1.36 bits per heavy atom. The number of sulfonamides is 1. The number of nitrogens with one attached hydrogen (secondary N) is 1. The van der Waals surface area contributed by atoms with Gasteiger partial charge in [0.1, 0.15) is 0 Å².